The van der Waals surface area contributed by atoms with Gasteiger partial charge in [-0.05, 0) is 23.3 Å². The summed E-state index contributed by atoms with van der Waals surface area (Å²) in [6, 6.07) is 16.3. The van der Waals surface area contributed by atoms with Crippen LogP contribution in [0.25, 0.3) is 0 Å². The molecule has 2 aromatic carbocycles. The average Bonchev–Trinajstić information content (AvgIpc) is 2.63. The molecule has 0 aliphatic carbocycles. The van der Waals surface area contributed by atoms with E-state index in [-0.39, 0.29) is 17.8 Å². The fourth-order valence-electron chi connectivity index (χ4n) is 2.41. The number of hydrogen-bond acceptors (Lipinski definition) is 5. The van der Waals surface area contributed by atoms with Gasteiger partial charge in [-0.3, -0.25) is 15.0 Å². The molecule has 1 heterocycles. The molecular weight excluding hydrogens is 308 g/mol. The second kappa shape index (κ2) is 7.83. The number of hydroxylamine groups is 1. The molecule has 1 N–H and O–H groups in total. The van der Waals surface area contributed by atoms with Crippen LogP contribution < -0.4 is 5.48 Å². The summed E-state index contributed by atoms with van der Waals surface area (Å²) in [4.78, 5) is 15.8. The lowest BCUT2D eigenvalue weighted by atomic mass is 10.1. The number of nitrogens with one attached hydrogen (secondary N) is 1. The lowest BCUT2D eigenvalue weighted by molar-refractivity contribution is -0.384. The van der Waals surface area contributed by atoms with Crippen LogP contribution in [0.3, 0.4) is 0 Å². The fraction of sp³-hybridized carbons (Fsp3) is 0.222. The third-order valence-electron chi connectivity index (χ3n) is 3.71. The van der Waals surface area contributed by atoms with Crippen molar-refractivity contribution in [1.82, 2.24) is 5.48 Å². The number of nitrogens with zero attached hydrogens (tertiary/aromatic N) is 1. The zero-order chi connectivity index (χ0) is 16.8. The van der Waals surface area contributed by atoms with Gasteiger partial charge in [0.1, 0.15) is 6.10 Å². The molecule has 0 aromatic heterocycles. The van der Waals surface area contributed by atoms with E-state index in [1.54, 1.807) is 12.1 Å². The molecule has 2 aromatic rings. The van der Waals surface area contributed by atoms with Gasteiger partial charge in [0.05, 0.1) is 24.2 Å². The number of nitro groups is 1. The molecule has 6 heteroatoms. The largest absolute Gasteiger partial charge is 0.375 e. The van der Waals surface area contributed by atoms with Crippen molar-refractivity contribution in [3.63, 3.8) is 0 Å². The van der Waals surface area contributed by atoms with Gasteiger partial charge in [-0.15, -0.1) is 0 Å². The zero-order valence-corrected chi connectivity index (χ0v) is 13.0. The van der Waals surface area contributed by atoms with Crippen LogP contribution in [-0.4, -0.2) is 17.6 Å². The first-order valence-corrected chi connectivity index (χ1v) is 7.68. The Hall–Kier alpha value is -2.54. The summed E-state index contributed by atoms with van der Waals surface area (Å²) in [5.41, 5.74) is 5.00. The van der Waals surface area contributed by atoms with Gasteiger partial charge in [-0.25, -0.2) is 0 Å². The van der Waals surface area contributed by atoms with Gasteiger partial charge in [0.15, 0.2) is 0 Å². The van der Waals surface area contributed by atoms with Crippen molar-refractivity contribution < 1.29 is 14.5 Å². The van der Waals surface area contributed by atoms with Crippen molar-refractivity contribution in [3.05, 3.63) is 88.0 Å². The summed E-state index contributed by atoms with van der Waals surface area (Å²) in [7, 11) is 0. The first-order valence-electron chi connectivity index (χ1n) is 7.68. The highest BCUT2D eigenvalue weighted by molar-refractivity contribution is 5.35. The molecule has 0 fully saturated rings. The summed E-state index contributed by atoms with van der Waals surface area (Å²) >= 11 is 0. The van der Waals surface area contributed by atoms with E-state index in [1.807, 2.05) is 42.5 Å². The highest BCUT2D eigenvalue weighted by atomic mass is 16.7. The van der Waals surface area contributed by atoms with Gasteiger partial charge >= 0.3 is 0 Å². The highest BCUT2D eigenvalue weighted by Crippen LogP contribution is 2.23. The Labute approximate surface area is 139 Å². The maximum atomic E-state index is 10.7. The van der Waals surface area contributed by atoms with Crippen molar-refractivity contribution in [3.8, 4) is 0 Å². The topological polar surface area (TPSA) is 73.6 Å². The molecule has 0 bridgehead atoms. The molecule has 0 saturated heterocycles. The van der Waals surface area contributed by atoms with Crippen LogP contribution in [0.5, 0.6) is 0 Å². The molecule has 1 aliphatic heterocycles. The van der Waals surface area contributed by atoms with Crippen LogP contribution in [0, 0.1) is 10.1 Å². The van der Waals surface area contributed by atoms with E-state index in [0.717, 1.165) is 11.1 Å². The molecule has 0 radical (unpaired) electrons. The predicted octanol–water partition coefficient (Wildman–Crippen LogP) is 3.31. The van der Waals surface area contributed by atoms with E-state index in [9.17, 15) is 10.1 Å². The zero-order valence-electron chi connectivity index (χ0n) is 13.0. The second-order valence-electron chi connectivity index (χ2n) is 5.50. The molecule has 0 unspecified atom stereocenters. The van der Waals surface area contributed by atoms with E-state index in [4.69, 9.17) is 9.57 Å². The first-order chi connectivity index (χ1) is 11.7. The normalized spacial score (nSPS) is 20.0. The summed E-state index contributed by atoms with van der Waals surface area (Å²) in [6.45, 7) is 1.05. The van der Waals surface area contributed by atoms with Gasteiger partial charge in [-0.2, -0.15) is 5.48 Å². The Kier molecular flexibility index (Phi) is 5.32. The summed E-state index contributed by atoms with van der Waals surface area (Å²) < 4.78 is 5.67. The molecule has 124 valence electrons. The van der Waals surface area contributed by atoms with Gasteiger partial charge < -0.3 is 4.74 Å². The van der Waals surface area contributed by atoms with Crippen molar-refractivity contribution in [2.45, 2.75) is 18.8 Å². The van der Waals surface area contributed by atoms with Gasteiger partial charge in [0, 0.05) is 12.1 Å². The minimum atomic E-state index is -0.417. The van der Waals surface area contributed by atoms with E-state index in [2.05, 4.69) is 5.48 Å². The first kappa shape index (κ1) is 16.3. The van der Waals surface area contributed by atoms with Gasteiger partial charge in [-0.1, -0.05) is 42.5 Å². The Morgan fingerprint density at radius 1 is 1.08 bits per heavy atom. The Morgan fingerprint density at radius 3 is 2.46 bits per heavy atom. The van der Waals surface area contributed by atoms with E-state index >= 15 is 0 Å². The number of non-ortho nitro benzene ring substituents is 1. The van der Waals surface area contributed by atoms with Crippen LogP contribution in [-0.2, 0) is 16.2 Å². The lowest BCUT2D eigenvalue weighted by Gasteiger charge is -2.24. The molecule has 24 heavy (non-hydrogen) atoms. The van der Waals surface area contributed by atoms with Crippen molar-refractivity contribution >= 4 is 5.69 Å². The Morgan fingerprint density at radius 2 is 1.83 bits per heavy atom. The van der Waals surface area contributed by atoms with Crippen LogP contribution in [0.15, 0.2) is 66.7 Å². The molecule has 0 amide bonds. The third-order valence-corrected chi connectivity index (χ3v) is 3.71. The number of ether oxygens (including phenoxy) is 1. The molecule has 3 rings (SSSR count). The molecule has 0 spiro atoms. The molecule has 1 aliphatic rings. The van der Waals surface area contributed by atoms with Crippen LogP contribution in [0.4, 0.5) is 5.69 Å². The molecule has 6 nitrogen and oxygen atoms in total. The Bertz CT molecular complexity index is 701. The molecular formula is C18H18N2O4. The van der Waals surface area contributed by atoms with Crippen LogP contribution in [0.1, 0.15) is 17.2 Å². The van der Waals surface area contributed by atoms with E-state index in [1.165, 1.54) is 12.1 Å². The second-order valence-corrected chi connectivity index (χ2v) is 5.50. The standard InChI is InChI=1S/C18H18N2O4/c21-20(22)17-9-6-15(7-10-17)18-11-8-16(19-24-18)13-23-12-14-4-2-1-3-5-14/h1-11,16,18-19H,12-13H2/t16-,18+/m0/s1. The van der Waals surface area contributed by atoms with E-state index < -0.39 is 4.92 Å². The van der Waals surface area contributed by atoms with Crippen LogP contribution >= 0.6 is 0 Å². The summed E-state index contributed by atoms with van der Waals surface area (Å²) in [5.74, 6) is 0. The maximum absolute atomic E-state index is 10.7. The van der Waals surface area contributed by atoms with Crippen LogP contribution in [0.2, 0.25) is 0 Å². The van der Waals surface area contributed by atoms with Gasteiger partial charge in [0.25, 0.3) is 5.69 Å². The van der Waals surface area contributed by atoms with E-state index in [0.29, 0.717) is 13.2 Å². The SMILES string of the molecule is O=[N+]([O-])c1ccc([C@H]2C=C[C@@H](COCc3ccccc3)NO2)cc1. The molecule has 0 saturated carbocycles. The smallest absolute Gasteiger partial charge is 0.269 e. The van der Waals surface area contributed by atoms with Crippen molar-refractivity contribution in [1.29, 1.82) is 0 Å². The number of benzene rings is 2. The Balaban J connectivity index is 1.49. The minimum Gasteiger partial charge on any atom is -0.375 e. The number of nitro benzene ring substituents is 1. The summed E-state index contributed by atoms with van der Waals surface area (Å²) in [5, 5.41) is 10.7. The fourth-order valence-corrected chi connectivity index (χ4v) is 2.41. The third kappa shape index (κ3) is 4.26. The monoisotopic (exact) mass is 326 g/mol. The van der Waals surface area contributed by atoms with Gasteiger partial charge in [0.2, 0.25) is 0 Å². The number of hydrogen-bond donors (Lipinski definition) is 1. The van der Waals surface area contributed by atoms with Crippen molar-refractivity contribution in [2.75, 3.05) is 6.61 Å². The average molecular weight is 326 g/mol. The quantitative estimate of drug-likeness (QED) is 0.501. The maximum Gasteiger partial charge on any atom is 0.269 e. The number of rotatable bonds is 6. The predicted molar refractivity (Wildman–Crippen MR) is 89.1 cm³/mol. The summed E-state index contributed by atoms with van der Waals surface area (Å²) in [6.07, 6.45) is 3.64. The lowest BCUT2D eigenvalue weighted by Crippen LogP contribution is -2.35. The molecule has 2 atom stereocenters. The minimum absolute atomic E-state index is 0.0250. The van der Waals surface area contributed by atoms with Crippen molar-refractivity contribution in [2.24, 2.45) is 0 Å². The highest BCUT2D eigenvalue weighted by Gasteiger charge is 2.18.